The van der Waals surface area contributed by atoms with Gasteiger partial charge in [0.1, 0.15) is 0 Å². The van der Waals surface area contributed by atoms with Gasteiger partial charge in [-0.05, 0) is 18.2 Å². The van der Waals surface area contributed by atoms with Gasteiger partial charge in [0, 0.05) is 12.2 Å². The fraction of sp³-hybridized carbons (Fsp3) is 0.444. The second-order valence-corrected chi connectivity index (χ2v) is 3.71. The van der Waals surface area contributed by atoms with Crippen LogP contribution in [0.5, 0.6) is 0 Å². The minimum absolute atomic E-state index is 0.966. The van der Waals surface area contributed by atoms with E-state index in [9.17, 15) is 0 Å². The fourth-order valence-corrected chi connectivity index (χ4v) is 2.41. The van der Waals surface area contributed by atoms with Crippen LogP contribution in [0.3, 0.4) is 0 Å². The van der Waals surface area contributed by atoms with Crippen LogP contribution in [0.4, 0.5) is 0 Å². The van der Waals surface area contributed by atoms with Gasteiger partial charge in [0.05, 0.1) is 6.54 Å². The van der Waals surface area contributed by atoms with Crippen molar-refractivity contribution in [3.05, 3.63) is 23.8 Å². The van der Waals surface area contributed by atoms with Crippen molar-refractivity contribution >= 4 is 16.9 Å². The highest BCUT2D eigenvalue weighted by molar-refractivity contribution is 8.16. The first-order chi connectivity index (χ1) is 5.92. The summed E-state index contributed by atoms with van der Waals surface area (Å²) in [5, 5.41) is 3.40. The number of rotatable bonds is 3. The van der Waals surface area contributed by atoms with Crippen molar-refractivity contribution in [2.45, 2.75) is 12.8 Å². The SMILES string of the molecule is C=CCCC1=CSC2=NCCN12. The van der Waals surface area contributed by atoms with Gasteiger partial charge in [-0.3, -0.25) is 4.99 Å². The van der Waals surface area contributed by atoms with Crippen molar-refractivity contribution in [3.8, 4) is 0 Å². The Balaban J connectivity index is 1.99. The lowest BCUT2D eigenvalue weighted by Gasteiger charge is -2.15. The van der Waals surface area contributed by atoms with E-state index >= 15 is 0 Å². The Morgan fingerprint density at radius 2 is 2.67 bits per heavy atom. The van der Waals surface area contributed by atoms with Gasteiger partial charge >= 0.3 is 0 Å². The normalized spacial score (nSPS) is 20.5. The number of thioether (sulfide) groups is 1. The molecule has 0 saturated heterocycles. The highest BCUT2D eigenvalue weighted by atomic mass is 32.2. The molecule has 0 bridgehead atoms. The molecule has 2 nitrogen and oxygen atoms in total. The summed E-state index contributed by atoms with van der Waals surface area (Å²) in [5.41, 5.74) is 1.41. The maximum absolute atomic E-state index is 4.38. The third-order valence-corrected chi connectivity index (χ3v) is 3.00. The van der Waals surface area contributed by atoms with Crippen molar-refractivity contribution in [1.29, 1.82) is 0 Å². The molecule has 0 aromatic carbocycles. The highest BCUT2D eigenvalue weighted by Gasteiger charge is 2.24. The molecule has 0 saturated carbocycles. The fourth-order valence-electron chi connectivity index (χ4n) is 1.42. The molecule has 64 valence electrons. The second kappa shape index (κ2) is 3.35. The molecule has 2 aliphatic heterocycles. The highest BCUT2D eigenvalue weighted by Crippen LogP contribution is 2.31. The van der Waals surface area contributed by atoms with E-state index in [1.807, 2.05) is 6.08 Å². The van der Waals surface area contributed by atoms with Crippen LogP contribution in [0, 0.1) is 0 Å². The number of aliphatic imine (C=N–C) groups is 1. The van der Waals surface area contributed by atoms with Gasteiger partial charge in [-0.1, -0.05) is 17.8 Å². The molecule has 3 heteroatoms. The molecule has 12 heavy (non-hydrogen) atoms. The smallest absolute Gasteiger partial charge is 0.167 e. The molecule has 2 heterocycles. The predicted molar refractivity (Wildman–Crippen MR) is 54.1 cm³/mol. The van der Waals surface area contributed by atoms with Crippen LogP contribution in [0.2, 0.25) is 0 Å². The summed E-state index contributed by atoms with van der Waals surface area (Å²) >= 11 is 1.75. The molecule has 0 unspecified atom stereocenters. The van der Waals surface area contributed by atoms with Gasteiger partial charge in [0.2, 0.25) is 0 Å². The zero-order chi connectivity index (χ0) is 8.39. The molecule has 0 aromatic heterocycles. The number of fused-ring (bicyclic) bond motifs is 1. The third kappa shape index (κ3) is 1.29. The van der Waals surface area contributed by atoms with Crippen molar-refractivity contribution in [2.75, 3.05) is 13.1 Å². The summed E-state index contributed by atoms with van der Waals surface area (Å²) in [4.78, 5) is 6.70. The standard InChI is InChI=1S/C9H12N2S/c1-2-3-4-8-7-12-9-10-5-6-11(8)9/h2,7H,1,3-6H2. The molecule has 2 rings (SSSR count). The maximum atomic E-state index is 4.38. The first-order valence-electron chi connectivity index (χ1n) is 4.20. The number of hydrogen-bond acceptors (Lipinski definition) is 3. The number of amidine groups is 1. The molecular weight excluding hydrogens is 168 g/mol. The van der Waals surface area contributed by atoms with Crippen LogP contribution in [-0.2, 0) is 0 Å². The van der Waals surface area contributed by atoms with Crippen LogP contribution in [0.15, 0.2) is 28.8 Å². The first-order valence-corrected chi connectivity index (χ1v) is 5.08. The molecular formula is C9H12N2S. The zero-order valence-corrected chi connectivity index (χ0v) is 7.81. The van der Waals surface area contributed by atoms with Crippen LogP contribution in [-0.4, -0.2) is 23.2 Å². The van der Waals surface area contributed by atoms with Gasteiger partial charge in [-0.15, -0.1) is 6.58 Å². The van der Waals surface area contributed by atoms with Crippen molar-refractivity contribution in [2.24, 2.45) is 4.99 Å². The Hall–Kier alpha value is -0.700. The second-order valence-electron chi connectivity index (χ2n) is 2.87. The summed E-state index contributed by atoms with van der Waals surface area (Å²) < 4.78 is 0. The van der Waals surface area contributed by atoms with Gasteiger partial charge in [0.15, 0.2) is 5.17 Å². The lowest BCUT2D eigenvalue weighted by atomic mass is 10.2. The van der Waals surface area contributed by atoms with Gasteiger partial charge < -0.3 is 4.90 Å². The van der Waals surface area contributed by atoms with E-state index in [-0.39, 0.29) is 0 Å². The monoisotopic (exact) mass is 180 g/mol. The van der Waals surface area contributed by atoms with E-state index in [0.717, 1.165) is 25.9 Å². The van der Waals surface area contributed by atoms with Gasteiger partial charge in [-0.2, -0.15) is 0 Å². The van der Waals surface area contributed by atoms with E-state index < -0.39 is 0 Å². The number of nitrogens with zero attached hydrogens (tertiary/aromatic N) is 2. The number of hydrogen-bond donors (Lipinski definition) is 0. The predicted octanol–water partition coefficient (Wildman–Crippen LogP) is 2.21. The molecule has 0 aliphatic carbocycles. The Bertz CT molecular complexity index is 255. The summed E-state index contributed by atoms with van der Waals surface area (Å²) in [6.07, 6.45) is 4.14. The van der Waals surface area contributed by atoms with Crippen LogP contribution < -0.4 is 0 Å². The van der Waals surface area contributed by atoms with E-state index in [1.165, 1.54) is 10.9 Å². The van der Waals surface area contributed by atoms with E-state index in [2.05, 4.69) is 21.9 Å². The summed E-state index contributed by atoms with van der Waals surface area (Å²) in [6, 6.07) is 0. The topological polar surface area (TPSA) is 15.6 Å². The Morgan fingerprint density at radius 3 is 3.50 bits per heavy atom. The quantitative estimate of drug-likeness (QED) is 0.619. The number of allylic oxidation sites excluding steroid dienone is 2. The lowest BCUT2D eigenvalue weighted by molar-refractivity contribution is 0.547. The molecule has 0 spiro atoms. The van der Waals surface area contributed by atoms with Crippen LogP contribution >= 0.6 is 11.8 Å². The molecule has 0 amide bonds. The Kier molecular flexibility index (Phi) is 2.21. The Morgan fingerprint density at radius 1 is 1.75 bits per heavy atom. The lowest BCUT2D eigenvalue weighted by Crippen LogP contribution is -2.20. The maximum Gasteiger partial charge on any atom is 0.167 e. The molecule has 0 radical (unpaired) electrons. The minimum atomic E-state index is 0.966. The van der Waals surface area contributed by atoms with E-state index in [0.29, 0.717) is 0 Å². The molecule has 0 fully saturated rings. The summed E-state index contributed by atoms with van der Waals surface area (Å²) in [6.45, 7) is 5.77. The van der Waals surface area contributed by atoms with Crippen molar-refractivity contribution in [1.82, 2.24) is 4.90 Å². The zero-order valence-electron chi connectivity index (χ0n) is 6.99. The molecule has 0 N–H and O–H groups in total. The molecule has 0 aromatic rings. The summed E-state index contributed by atoms with van der Waals surface area (Å²) in [5.74, 6) is 0. The van der Waals surface area contributed by atoms with Crippen LogP contribution in [0.1, 0.15) is 12.8 Å². The largest absolute Gasteiger partial charge is 0.322 e. The van der Waals surface area contributed by atoms with E-state index in [4.69, 9.17) is 0 Å². The van der Waals surface area contributed by atoms with Crippen LogP contribution in [0.25, 0.3) is 0 Å². The summed E-state index contributed by atoms with van der Waals surface area (Å²) in [7, 11) is 0. The Labute approximate surface area is 77.0 Å². The minimum Gasteiger partial charge on any atom is -0.322 e. The first kappa shape index (κ1) is 7.92. The van der Waals surface area contributed by atoms with Gasteiger partial charge in [-0.25, -0.2) is 0 Å². The molecule has 0 atom stereocenters. The average Bonchev–Trinajstić information content (AvgIpc) is 2.62. The third-order valence-electron chi connectivity index (χ3n) is 2.05. The van der Waals surface area contributed by atoms with E-state index in [1.54, 1.807) is 11.8 Å². The average molecular weight is 180 g/mol. The van der Waals surface area contributed by atoms with Crippen molar-refractivity contribution < 1.29 is 0 Å². The molecule has 2 aliphatic rings. The van der Waals surface area contributed by atoms with Crippen molar-refractivity contribution in [3.63, 3.8) is 0 Å². The van der Waals surface area contributed by atoms with Gasteiger partial charge in [0.25, 0.3) is 0 Å².